The average molecular weight is 477 g/mol. The van der Waals surface area contributed by atoms with E-state index in [-0.39, 0.29) is 35.6 Å². The standard InChI is InChI=1S/C24H32N2O6S/c1-16-13-26(17(2)15-27)33(29,30)24-11-8-20(19-6-9-21(31-5)10-7-19)12-22(24)32-23(16)14-25(4)18(3)28/h6-12,16-17,23,27H,13-15H2,1-5H3/t16-,17+,23+/m0/s1. The van der Waals surface area contributed by atoms with Gasteiger partial charge in [0.1, 0.15) is 22.5 Å². The van der Waals surface area contributed by atoms with Crippen molar-refractivity contribution in [1.29, 1.82) is 0 Å². The third-order valence-corrected chi connectivity index (χ3v) is 8.10. The first kappa shape index (κ1) is 25.0. The number of ether oxygens (including phenoxy) is 2. The molecule has 0 fully saturated rings. The number of carbonyl (C=O) groups is 1. The topological polar surface area (TPSA) is 96.4 Å². The summed E-state index contributed by atoms with van der Waals surface area (Å²) < 4.78 is 39.9. The van der Waals surface area contributed by atoms with Crippen LogP contribution >= 0.6 is 0 Å². The number of hydrogen-bond donors (Lipinski definition) is 1. The first-order chi connectivity index (χ1) is 15.6. The molecule has 1 amide bonds. The van der Waals surface area contributed by atoms with Gasteiger partial charge in [-0.1, -0.05) is 25.1 Å². The molecule has 2 aromatic rings. The third kappa shape index (κ3) is 5.31. The van der Waals surface area contributed by atoms with Crippen LogP contribution in [0.3, 0.4) is 0 Å². The third-order valence-electron chi connectivity index (χ3n) is 6.08. The molecule has 0 aromatic heterocycles. The number of aliphatic hydroxyl groups is 1. The van der Waals surface area contributed by atoms with Gasteiger partial charge in [-0.3, -0.25) is 4.79 Å². The Labute approximate surface area is 195 Å². The van der Waals surface area contributed by atoms with Gasteiger partial charge in [0.15, 0.2) is 0 Å². The minimum atomic E-state index is -3.92. The summed E-state index contributed by atoms with van der Waals surface area (Å²) in [5, 5.41) is 9.73. The molecule has 0 aliphatic carbocycles. The van der Waals surface area contributed by atoms with Crippen molar-refractivity contribution in [2.75, 3.05) is 33.9 Å². The molecule has 0 radical (unpaired) electrons. The highest BCUT2D eigenvalue weighted by Gasteiger charge is 2.38. The fraction of sp³-hybridized carbons (Fsp3) is 0.458. The molecule has 1 aliphatic heterocycles. The molecule has 33 heavy (non-hydrogen) atoms. The van der Waals surface area contributed by atoms with Crippen LogP contribution in [0.1, 0.15) is 20.8 Å². The van der Waals surface area contributed by atoms with Crippen molar-refractivity contribution in [3.8, 4) is 22.6 Å². The number of rotatable bonds is 6. The average Bonchev–Trinajstić information content (AvgIpc) is 2.80. The van der Waals surface area contributed by atoms with Crippen molar-refractivity contribution in [2.24, 2.45) is 5.92 Å². The summed E-state index contributed by atoms with van der Waals surface area (Å²) in [6, 6.07) is 11.9. The van der Waals surface area contributed by atoms with Gasteiger partial charge in [-0.15, -0.1) is 0 Å². The number of aliphatic hydroxyl groups excluding tert-OH is 1. The van der Waals surface area contributed by atoms with E-state index in [1.54, 1.807) is 44.2 Å². The molecule has 9 heteroatoms. The van der Waals surface area contributed by atoms with Crippen LogP contribution in [0.5, 0.6) is 11.5 Å². The number of fused-ring (bicyclic) bond motifs is 1. The van der Waals surface area contributed by atoms with Crippen LogP contribution in [0, 0.1) is 5.92 Å². The molecule has 0 bridgehead atoms. The van der Waals surface area contributed by atoms with Gasteiger partial charge in [-0.05, 0) is 42.3 Å². The second-order valence-corrected chi connectivity index (χ2v) is 10.4. The van der Waals surface area contributed by atoms with Crippen LogP contribution in [0.15, 0.2) is 47.4 Å². The molecule has 3 rings (SSSR count). The van der Waals surface area contributed by atoms with E-state index in [1.165, 1.54) is 11.2 Å². The van der Waals surface area contributed by atoms with Crippen LogP contribution in [0.2, 0.25) is 0 Å². The quantitative estimate of drug-likeness (QED) is 0.689. The summed E-state index contributed by atoms with van der Waals surface area (Å²) in [6.07, 6.45) is -0.437. The molecule has 0 saturated carbocycles. The number of methoxy groups -OCH3 is 1. The van der Waals surface area contributed by atoms with Gasteiger partial charge in [0.2, 0.25) is 15.9 Å². The molecule has 180 valence electrons. The van der Waals surface area contributed by atoms with Crippen molar-refractivity contribution in [3.05, 3.63) is 42.5 Å². The summed E-state index contributed by atoms with van der Waals surface area (Å²) in [6.45, 7) is 5.22. The lowest BCUT2D eigenvalue weighted by molar-refractivity contribution is -0.129. The predicted octanol–water partition coefficient (Wildman–Crippen LogP) is 2.61. The van der Waals surface area contributed by atoms with E-state index >= 15 is 0 Å². The highest BCUT2D eigenvalue weighted by molar-refractivity contribution is 7.89. The van der Waals surface area contributed by atoms with Gasteiger partial charge in [-0.2, -0.15) is 4.31 Å². The molecule has 1 aliphatic rings. The lowest BCUT2D eigenvalue weighted by atomic mass is 10.0. The highest BCUT2D eigenvalue weighted by atomic mass is 32.2. The SMILES string of the molecule is COc1ccc(-c2ccc3c(c2)O[C@H](CN(C)C(C)=O)[C@@H](C)CN([C@H](C)CO)S3(=O)=O)cc1. The second-order valence-electron chi connectivity index (χ2n) is 8.53. The summed E-state index contributed by atoms with van der Waals surface area (Å²) in [5.74, 6) is 0.618. The van der Waals surface area contributed by atoms with E-state index in [0.717, 1.165) is 16.9 Å². The molecule has 2 aromatic carbocycles. The first-order valence-electron chi connectivity index (χ1n) is 10.9. The zero-order chi connectivity index (χ0) is 24.3. The van der Waals surface area contributed by atoms with E-state index in [4.69, 9.17) is 9.47 Å². The van der Waals surface area contributed by atoms with Gasteiger partial charge in [0, 0.05) is 32.5 Å². The minimum absolute atomic E-state index is 0.0439. The molecule has 8 nitrogen and oxygen atoms in total. The number of hydrogen-bond acceptors (Lipinski definition) is 6. The number of amides is 1. The lowest BCUT2D eigenvalue weighted by Gasteiger charge is -2.37. The number of carbonyl (C=O) groups excluding carboxylic acids is 1. The van der Waals surface area contributed by atoms with Gasteiger partial charge in [0.05, 0.1) is 20.3 Å². The van der Waals surface area contributed by atoms with Gasteiger partial charge >= 0.3 is 0 Å². The maximum absolute atomic E-state index is 13.5. The lowest BCUT2D eigenvalue weighted by Crippen LogP contribution is -2.50. The van der Waals surface area contributed by atoms with Gasteiger partial charge in [0.25, 0.3) is 0 Å². The van der Waals surface area contributed by atoms with Crippen LogP contribution in [0.4, 0.5) is 0 Å². The number of nitrogens with zero attached hydrogens (tertiary/aromatic N) is 2. The van der Waals surface area contributed by atoms with Gasteiger partial charge < -0.3 is 19.5 Å². The molecule has 3 atom stereocenters. The Kier molecular flexibility index (Phi) is 7.66. The maximum atomic E-state index is 13.5. The smallest absolute Gasteiger partial charge is 0.247 e. The summed E-state index contributed by atoms with van der Waals surface area (Å²) in [4.78, 5) is 13.5. The highest BCUT2D eigenvalue weighted by Crippen LogP contribution is 2.36. The van der Waals surface area contributed by atoms with Crippen molar-refractivity contribution < 1.29 is 27.8 Å². The Morgan fingerprint density at radius 1 is 1.24 bits per heavy atom. The largest absolute Gasteiger partial charge is 0.497 e. The van der Waals surface area contributed by atoms with Gasteiger partial charge in [-0.25, -0.2) is 8.42 Å². The number of sulfonamides is 1. The second kappa shape index (κ2) is 10.1. The fourth-order valence-electron chi connectivity index (χ4n) is 3.80. The van der Waals surface area contributed by atoms with E-state index in [9.17, 15) is 18.3 Å². The molecule has 1 N–H and O–H groups in total. The Morgan fingerprint density at radius 3 is 2.45 bits per heavy atom. The molecular formula is C24H32N2O6S. The Bertz CT molecular complexity index is 1090. The van der Waals surface area contributed by atoms with E-state index in [2.05, 4.69) is 0 Å². The van der Waals surface area contributed by atoms with Crippen molar-refractivity contribution >= 4 is 15.9 Å². The van der Waals surface area contributed by atoms with Crippen LogP contribution < -0.4 is 9.47 Å². The monoisotopic (exact) mass is 476 g/mol. The zero-order valence-electron chi connectivity index (χ0n) is 19.7. The molecule has 0 saturated heterocycles. The number of benzene rings is 2. The van der Waals surface area contributed by atoms with E-state index in [0.29, 0.717) is 6.54 Å². The first-order valence-corrected chi connectivity index (χ1v) is 12.3. The predicted molar refractivity (Wildman–Crippen MR) is 126 cm³/mol. The maximum Gasteiger partial charge on any atom is 0.247 e. The van der Waals surface area contributed by atoms with Crippen molar-refractivity contribution in [2.45, 2.75) is 37.8 Å². The summed E-state index contributed by atoms with van der Waals surface area (Å²) in [5.41, 5.74) is 1.67. The number of likely N-dealkylation sites (N-methyl/N-ethyl adjacent to an activating group) is 1. The summed E-state index contributed by atoms with van der Waals surface area (Å²) >= 11 is 0. The molecule has 0 spiro atoms. The molecule has 1 heterocycles. The van der Waals surface area contributed by atoms with Crippen molar-refractivity contribution in [3.63, 3.8) is 0 Å². The Hall–Kier alpha value is -2.62. The van der Waals surface area contributed by atoms with E-state index in [1.807, 2.05) is 31.2 Å². The van der Waals surface area contributed by atoms with Crippen LogP contribution in [-0.4, -0.2) is 74.6 Å². The van der Waals surface area contributed by atoms with Crippen molar-refractivity contribution in [1.82, 2.24) is 9.21 Å². The zero-order valence-corrected chi connectivity index (χ0v) is 20.5. The molecular weight excluding hydrogens is 444 g/mol. The molecule has 0 unspecified atom stereocenters. The fourth-order valence-corrected chi connectivity index (χ4v) is 5.63. The minimum Gasteiger partial charge on any atom is -0.497 e. The Balaban J connectivity index is 2.12. The Morgan fingerprint density at radius 2 is 1.88 bits per heavy atom. The normalized spacial score (nSPS) is 21.2. The van der Waals surface area contributed by atoms with Crippen LogP contribution in [0.25, 0.3) is 11.1 Å². The van der Waals surface area contributed by atoms with E-state index < -0.39 is 22.2 Å². The van der Waals surface area contributed by atoms with Crippen LogP contribution in [-0.2, 0) is 14.8 Å². The summed E-state index contributed by atoms with van der Waals surface area (Å²) in [7, 11) is -0.631.